The smallest absolute Gasteiger partial charge is 0.418 e. The number of unbranched alkanes of at least 4 members (excludes halogenated alkanes) is 1. The second kappa shape index (κ2) is 7.80. The van der Waals surface area contributed by atoms with Crippen LogP contribution in [0.15, 0.2) is 30.3 Å². The summed E-state index contributed by atoms with van der Waals surface area (Å²) in [5, 5.41) is 0.694. The van der Waals surface area contributed by atoms with Gasteiger partial charge in [0.25, 0.3) is 0 Å². The standard InChI is InChI=1S/C21H20ClF3N2O2/c22-15-6-5-14(21(23,24)25)20-18(15)13(3-1-2-8-26)19(27-20)12-4-7-16-17(11-12)29-10-9-28-16/h4-7,11,27H,1-3,8-10,26H2. The van der Waals surface area contributed by atoms with Crippen molar-refractivity contribution in [1.82, 2.24) is 4.98 Å². The van der Waals surface area contributed by atoms with Crippen molar-refractivity contribution in [3.05, 3.63) is 46.5 Å². The summed E-state index contributed by atoms with van der Waals surface area (Å²) in [6.07, 6.45) is -2.42. The quantitative estimate of drug-likeness (QED) is 0.527. The first-order chi connectivity index (χ1) is 13.9. The summed E-state index contributed by atoms with van der Waals surface area (Å²) in [5.74, 6) is 1.19. The Balaban J connectivity index is 1.92. The molecule has 3 aromatic rings. The number of H-pyrrole nitrogens is 1. The molecule has 0 saturated heterocycles. The Bertz CT molecular complexity index is 1050. The van der Waals surface area contributed by atoms with Gasteiger partial charge in [-0.25, -0.2) is 0 Å². The van der Waals surface area contributed by atoms with Crippen LogP contribution in [0.4, 0.5) is 13.2 Å². The van der Waals surface area contributed by atoms with Gasteiger partial charge in [-0.1, -0.05) is 11.6 Å². The van der Waals surface area contributed by atoms with Gasteiger partial charge in [0.1, 0.15) is 13.2 Å². The van der Waals surface area contributed by atoms with Crippen LogP contribution in [0.25, 0.3) is 22.2 Å². The van der Waals surface area contributed by atoms with Crippen molar-refractivity contribution >= 4 is 22.5 Å². The van der Waals surface area contributed by atoms with Gasteiger partial charge in [0.15, 0.2) is 11.5 Å². The molecular formula is C21H20ClF3N2O2. The van der Waals surface area contributed by atoms with E-state index in [1.807, 2.05) is 6.07 Å². The van der Waals surface area contributed by atoms with Crippen LogP contribution in [0.5, 0.6) is 11.5 Å². The number of hydrogen-bond donors (Lipinski definition) is 2. The predicted octanol–water partition coefficient (Wildman–Crippen LogP) is 5.56. The number of aryl methyl sites for hydroxylation is 1. The van der Waals surface area contributed by atoms with E-state index < -0.39 is 11.7 Å². The average Bonchev–Trinajstić information content (AvgIpc) is 3.07. The van der Waals surface area contributed by atoms with Crippen molar-refractivity contribution in [2.24, 2.45) is 5.73 Å². The molecule has 4 rings (SSSR count). The number of benzene rings is 2. The first kappa shape index (κ1) is 19.9. The zero-order chi connectivity index (χ0) is 20.6. The van der Waals surface area contributed by atoms with Crippen LogP contribution in [0.3, 0.4) is 0 Å². The first-order valence-electron chi connectivity index (χ1n) is 9.40. The van der Waals surface area contributed by atoms with E-state index in [1.165, 1.54) is 6.07 Å². The zero-order valence-electron chi connectivity index (χ0n) is 15.5. The highest BCUT2D eigenvalue weighted by Gasteiger charge is 2.34. The molecule has 29 heavy (non-hydrogen) atoms. The van der Waals surface area contributed by atoms with Gasteiger partial charge in [-0.05, 0) is 61.7 Å². The van der Waals surface area contributed by atoms with Crippen molar-refractivity contribution < 1.29 is 22.6 Å². The number of ether oxygens (including phenoxy) is 2. The summed E-state index contributed by atoms with van der Waals surface area (Å²) < 4.78 is 52.0. The molecule has 4 nitrogen and oxygen atoms in total. The van der Waals surface area contributed by atoms with Crippen molar-refractivity contribution in [1.29, 1.82) is 0 Å². The average molecular weight is 425 g/mol. The largest absolute Gasteiger partial charge is 0.486 e. The molecule has 2 aromatic carbocycles. The number of rotatable bonds is 5. The molecule has 8 heteroatoms. The minimum atomic E-state index is -4.49. The van der Waals surface area contributed by atoms with E-state index in [4.69, 9.17) is 26.8 Å². The summed E-state index contributed by atoms with van der Waals surface area (Å²) in [7, 11) is 0. The van der Waals surface area contributed by atoms with Gasteiger partial charge in [-0.15, -0.1) is 0 Å². The number of hydrogen-bond acceptors (Lipinski definition) is 3. The predicted molar refractivity (Wildman–Crippen MR) is 107 cm³/mol. The summed E-state index contributed by atoms with van der Waals surface area (Å²) >= 11 is 6.36. The highest BCUT2D eigenvalue weighted by Crippen LogP contribution is 2.43. The minimum absolute atomic E-state index is 0.00219. The summed E-state index contributed by atoms with van der Waals surface area (Å²) in [6.45, 7) is 1.41. The van der Waals surface area contributed by atoms with E-state index >= 15 is 0 Å². The fourth-order valence-electron chi connectivity index (χ4n) is 3.71. The summed E-state index contributed by atoms with van der Waals surface area (Å²) in [5.41, 5.74) is 6.94. The van der Waals surface area contributed by atoms with Gasteiger partial charge < -0.3 is 20.2 Å². The third-order valence-electron chi connectivity index (χ3n) is 5.03. The van der Waals surface area contributed by atoms with Crippen LogP contribution in [0.1, 0.15) is 24.0 Å². The third kappa shape index (κ3) is 3.76. The van der Waals surface area contributed by atoms with Crippen LogP contribution >= 0.6 is 11.6 Å². The van der Waals surface area contributed by atoms with Crippen LogP contribution in [0, 0.1) is 0 Å². The number of aromatic amines is 1. The SMILES string of the molecule is NCCCCc1c(-c2ccc3c(c2)OCCO3)[nH]c2c(C(F)(F)F)ccc(Cl)c12. The molecule has 0 amide bonds. The minimum Gasteiger partial charge on any atom is -0.486 e. The normalized spacial score (nSPS) is 13.8. The van der Waals surface area contributed by atoms with Crippen LogP contribution in [-0.4, -0.2) is 24.7 Å². The van der Waals surface area contributed by atoms with E-state index in [0.29, 0.717) is 48.8 Å². The molecule has 0 spiro atoms. The van der Waals surface area contributed by atoms with Gasteiger partial charge in [-0.3, -0.25) is 0 Å². The Morgan fingerprint density at radius 1 is 1.03 bits per heavy atom. The maximum absolute atomic E-state index is 13.6. The fraction of sp³-hybridized carbons (Fsp3) is 0.333. The molecule has 0 unspecified atom stereocenters. The molecule has 0 saturated carbocycles. The highest BCUT2D eigenvalue weighted by atomic mass is 35.5. The molecule has 0 bridgehead atoms. The molecule has 0 atom stereocenters. The van der Waals surface area contributed by atoms with Crippen molar-refractivity contribution in [3.63, 3.8) is 0 Å². The maximum Gasteiger partial charge on any atom is 0.418 e. The molecule has 1 aromatic heterocycles. The van der Waals surface area contributed by atoms with E-state index in [1.54, 1.807) is 12.1 Å². The molecule has 154 valence electrons. The Morgan fingerprint density at radius 2 is 1.79 bits per heavy atom. The number of aromatic nitrogens is 1. The van der Waals surface area contributed by atoms with Crippen molar-refractivity contribution in [3.8, 4) is 22.8 Å². The second-order valence-corrected chi connectivity index (χ2v) is 7.33. The van der Waals surface area contributed by atoms with Crippen molar-refractivity contribution in [2.75, 3.05) is 19.8 Å². The van der Waals surface area contributed by atoms with Gasteiger partial charge in [0, 0.05) is 16.6 Å². The molecule has 1 aliphatic rings. The number of nitrogens with one attached hydrogen (secondary N) is 1. The lowest BCUT2D eigenvalue weighted by atomic mass is 9.99. The number of fused-ring (bicyclic) bond motifs is 2. The monoisotopic (exact) mass is 424 g/mol. The van der Waals surface area contributed by atoms with Gasteiger partial charge in [-0.2, -0.15) is 13.2 Å². The lowest BCUT2D eigenvalue weighted by Gasteiger charge is -2.19. The molecular weight excluding hydrogens is 405 g/mol. The Morgan fingerprint density at radius 3 is 2.52 bits per heavy atom. The lowest BCUT2D eigenvalue weighted by Crippen LogP contribution is -2.15. The van der Waals surface area contributed by atoms with Crippen LogP contribution in [-0.2, 0) is 12.6 Å². The molecule has 0 aliphatic carbocycles. The third-order valence-corrected chi connectivity index (χ3v) is 5.34. The van der Waals surface area contributed by atoms with Gasteiger partial charge in [0.2, 0.25) is 0 Å². The van der Waals surface area contributed by atoms with Crippen LogP contribution < -0.4 is 15.2 Å². The molecule has 1 aliphatic heterocycles. The van der Waals surface area contributed by atoms with E-state index in [0.717, 1.165) is 30.0 Å². The Hall–Kier alpha value is -2.38. The molecule has 2 heterocycles. The summed E-state index contributed by atoms with van der Waals surface area (Å²) in [6, 6.07) is 7.68. The highest BCUT2D eigenvalue weighted by molar-refractivity contribution is 6.36. The number of alkyl halides is 3. The van der Waals surface area contributed by atoms with Gasteiger partial charge >= 0.3 is 6.18 Å². The summed E-state index contributed by atoms with van der Waals surface area (Å²) in [4.78, 5) is 3.00. The number of nitrogens with two attached hydrogens (primary N) is 1. The van der Waals surface area contributed by atoms with Crippen LogP contribution in [0.2, 0.25) is 5.02 Å². The lowest BCUT2D eigenvalue weighted by molar-refractivity contribution is -0.136. The molecule has 0 radical (unpaired) electrons. The molecule has 3 N–H and O–H groups in total. The number of halogens is 4. The Labute approximate surface area is 170 Å². The van der Waals surface area contributed by atoms with E-state index in [2.05, 4.69) is 4.98 Å². The van der Waals surface area contributed by atoms with Gasteiger partial charge in [0.05, 0.1) is 16.1 Å². The topological polar surface area (TPSA) is 60.3 Å². The maximum atomic E-state index is 13.6. The van der Waals surface area contributed by atoms with E-state index in [9.17, 15) is 13.2 Å². The fourth-order valence-corrected chi connectivity index (χ4v) is 3.98. The molecule has 0 fully saturated rings. The first-order valence-corrected chi connectivity index (χ1v) is 9.78. The Kier molecular flexibility index (Phi) is 5.36. The second-order valence-electron chi connectivity index (χ2n) is 6.93. The van der Waals surface area contributed by atoms with Crippen molar-refractivity contribution in [2.45, 2.75) is 25.4 Å². The van der Waals surface area contributed by atoms with E-state index in [-0.39, 0.29) is 10.5 Å². The zero-order valence-corrected chi connectivity index (χ0v) is 16.3.